The van der Waals surface area contributed by atoms with Crippen molar-refractivity contribution in [1.29, 1.82) is 0 Å². The number of aliphatic hydroxyl groups is 1. The lowest BCUT2D eigenvalue weighted by Gasteiger charge is -2.11. The van der Waals surface area contributed by atoms with Gasteiger partial charge in [0.1, 0.15) is 0 Å². The monoisotopic (exact) mass is 209 g/mol. The quantitative estimate of drug-likeness (QED) is 0.760. The van der Waals surface area contributed by atoms with Crippen LogP contribution < -0.4 is 0 Å². The number of nitrogens with zero attached hydrogens (tertiary/aromatic N) is 1. The summed E-state index contributed by atoms with van der Waals surface area (Å²) >= 11 is 0. The van der Waals surface area contributed by atoms with Crippen LogP contribution in [-0.4, -0.2) is 22.7 Å². The van der Waals surface area contributed by atoms with Gasteiger partial charge in [-0.2, -0.15) is 0 Å². The number of aromatic nitrogens is 1. The van der Waals surface area contributed by atoms with E-state index in [9.17, 15) is 9.90 Å². The molecule has 0 aromatic carbocycles. The number of hydrogen-bond donors (Lipinski definition) is 1. The Kier molecular flexibility index (Phi) is 4.24. The highest BCUT2D eigenvalue weighted by atomic mass is 16.5. The molecule has 1 N–H and O–H groups in total. The molecule has 82 valence electrons. The zero-order valence-corrected chi connectivity index (χ0v) is 8.88. The van der Waals surface area contributed by atoms with Gasteiger partial charge in [-0.3, -0.25) is 4.98 Å². The van der Waals surface area contributed by atoms with Crippen LogP contribution in [0.1, 0.15) is 25.5 Å². The third-order valence-electron chi connectivity index (χ3n) is 1.80. The largest absolute Gasteiger partial charge is 0.463 e. The van der Waals surface area contributed by atoms with Crippen molar-refractivity contribution in [2.45, 2.75) is 20.0 Å². The fourth-order valence-electron chi connectivity index (χ4n) is 1.01. The van der Waals surface area contributed by atoms with Crippen molar-refractivity contribution in [3.63, 3.8) is 0 Å². The van der Waals surface area contributed by atoms with E-state index < -0.39 is 12.1 Å². The molecule has 0 aliphatic carbocycles. The topological polar surface area (TPSA) is 59.4 Å². The molecule has 0 spiro atoms. The molecular formula is C11H15NO3. The summed E-state index contributed by atoms with van der Waals surface area (Å²) in [6.07, 6.45) is 1.83. The summed E-state index contributed by atoms with van der Waals surface area (Å²) in [6, 6.07) is 3.17. The van der Waals surface area contributed by atoms with Crippen LogP contribution in [0.15, 0.2) is 24.5 Å². The Balaban J connectivity index is 2.54. The van der Waals surface area contributed by atoms with Crippen LogP contribution in [0.5, 0.6) is 0 Å². The molecule has 0 saturated carbocycles. The molecular weight excluding hydrogens is 194 g/mol. The molecule has 0 radical (unpaired) electrons. The summed E-state index contributed by atoms with van der Waals surface area (Å²) in [6.45, 7) is 4.19. The molecule has 0 saturated heterocycles. The zero-order chi connectivity index (χ0) is 11.3. The second-order valence-electron chi connectivity index (χ2n) is 3.71. The predicted octanol–water partition coefficient (Wildman–Crippen LogP) is 1.31. The van der Waals surface area contributed by atoms with Gasteiger partial charge in [-0.25, -0.2) is 4.79 Å². The van der Waals surface area contributed by atoms with Crippen molar-refractivity contribution < 1.29 is 14.6 Å². The first-order valence-electron chi connectivity index (χ1n) is 4.86. The first-order valence-corrected chi connectivity index (χ1v) is 4.86. The molecule has 0 bridgehead atoms. The van der Waals surface area contributed by atoms with Crippen LogP contribution in [0.2, 0.25) is 0 Å². The molecule has 1 unspecified atom stereocenters. The zero-order valence-electron chi connectivity index (χ0n) is 8.88. The van der Waals surface area contributed by atoms with E-state index in [1.54, 1.807) is 12.1 Å². The van der Waals surface area contributed by atoms with Crippen molar-refractivity contribution >= 4 is 5.97 Å². The molecule has 0 fully saturated rings. The minimum atomic E-state index is -1.22. The van der Waals surface area contributed by atoms with Crippen molar-refractivity contribution in [3.8, 4) is 0 Å². The summed E-state index contributed by atoms with van der Waals surface area (Å²) < 4.78 is 4.91. The maximum absolute atomic E-state index is 11.4. The number of hydrogen-bond acceptors (Lipinski definition) is 4. The molecule has 4 nitrogen and oxygen atoms in total. The van der Waals surface area contributed by atoms with Crippen LogP contribution >= 0.6 is 0 Å². The van der Waals surface area contributed by atoms with Gasteiger partial charge in [0.25, 0.3) is 0 Å². The highest BCUT2D eigenvalue weighted by Crippen LogP contribution is 2.13. The Morgan fingerprint density at radius 2 is 2.07 bits per heavy atom. The summed E-state index contributed by atoms with van der Waals surface area (Å²) in [5, 5.41) is 9.60. The van der Waals surface area contributed by atoms with E-state index in [2.05, 4.69) is 4.98 Å². The van der Waals surface area contributed by atoms with Gasteiger partial charge >= 0.3 is 5.97 Å². The van der Waals surface area contributed by atoms with E-state index in [0.717, 1.165) is 0 Å². The molecule has 0 aliphatic heterocycles. The number of carbonyl (C=O) groups excluding carboxylic acids is 1. The first kappa shape index (κ1) is 11.7. The number of ether oxygens (including phenoxy) is 1. The molecule has 1 rings (SSSR count). The minimum absolute atomic E-state index is 0.263. The number of aliphatic hydroxyl groups excluding tert-OH is 1. The summed E-state index contributed by atoms with van der Waals surface area (Å²) in [5.74, 6) is -0.353. The fraction of sp³-hybridized carbons (Fsp3) is 0.455. The maximum Gasteiger partial charge on any atom is 0.339 e. The number of rotatable bonds is 4. The minimum Gasteiger partial charge on any atom is -0.463 e. The number of esters is 1. The Labute approximate surface area is 88.9 Å². The van der Waals surface area contributed by atoms with Crippen LogP contribution in [0.3, 0.4) is 0 Å². The third kappa shape index (κ3) is 3.67. The van der Waals surface area contributed by atoms with Gasteiger partial charge in [-0.05, 0) is 23.6 Å². The second-order valence-corrected chi connectivity index (χ2v) is 3.71. The Morgan fingerprint density at radius 1 is 1.47 bits per heavy atom. The first-order chi connectivity index (χ1) is 7.11. The summed E-state index contributed by atoms with van der Waals surface area (Å²) in [4.78, 5) is 15.2. The highest BCUT2D eigenvalue weighted by molar-refractivity contribution is 5.76. The van der Waals surface area contributed by atoms with Crippen LogP contribution in [0.25, 0.3) is 0 Å². The average molecular weight is 209 g/mol. The van der Waals surface area contributed by atoms with Crippen LogP contribution in [0.4, 0.5) is 0 Å². The van der Waals surface area contributed by atoms with Crippen molar-refractivity contribution in [2.24, 2.45) is 5.92 Å². The van der Waals surface area contributed by atoms with Crippen LogP contribution in [-0.2, 0) is 9.53 Å². The number of carbonyl (C=O) groups is 1. The van der Waals surface area contributed by atoms with Crippen molar-refractivity contribution in [1.82, 2.24) is 4.98 Å². The van der Waals surface area contributed by atoms with E-state index in [-0.39, 0.29) is 5.92 Å². The fourth-order valence-corrected chi connectivity index (χ4v) is 1.01. The van der Waals surface area contributed by atoms with Crippen molar-refractivity contribution in [2.75, 3.05) is 6.61 Å². The smallest absolute Gasteiger partial charge is 0.339 e. The van der Waals surface area contributed by atoms with E-state index in [0.29, 0.717) is 12.2 Å². The molecule has 1 aromatic rings. The predicted molar refractivity (Wildman–Crippen MR) is 55.0 cm³/mol. The maximum atomic E-state index is 11.4. The van der Waals surface area contributed by atoms with Gasteiger partial charge in [0.05, 0.1) is 6.61 Å². The van der Waals surface area contributed by atoms with E-state index >= 15 is 0 Å². The molecule has 1 atom stereocenters. The third-order valence-corrected chi connectivity index (χ3v) is 1.80. The van der Waals surface area contributed by atoms with E-state index in [4.69, 9.17) is 4.74 Å². The van der Waals surface area contributed by atoms with Crippen molar-refractivity contribution in [3.05, 3.63) is 30.1 Å². The lowest BCUT2D eigenvalue weighted by molar-refractivity contribution is -0.155. The number of pyridine rings is 1. The SMILES string of the molecule is CC(C)COC(=O)C(O)c1ccncc1. The van der Waals surface area contributed by atoms with Gasteiger partial charge in [0.15, 0.2) is 6.10 Å². The van der Waals surface area contributed by atoms with Gasteiger partial charge in [-0.1, -0.05) is 13.8 Å². The standard InChI is InChI=1S/C11H15NO3/c1-8(2)7-15-11(14)10(13)9-3-5-12-6-4-9/h3-6,8,10,13H,7H2,1-2H3. The molecule has 4 heteroatoms. The molecule has 1 aromatic heterocycles. The van der Waals surface area contributed by atoms with E-state index in [1.807, 2.05) is 13.8 Å². The second kappa shape index (κ2) is 5.46. The van der Waals surface area contributed by atoms with Gasteiger partial charge in [0.2, 0.25) is 0 Å². The summed E-state index contributed by atoms with van der Waals surface area (Å²) in [7, 11) is 0. The Hall–Kier alpha value is -1.42. The average Bonchev–Trinajstić information content (AvgIpc) is 2.26. The molecule has 15 heavy (non-hydrogen) atoms. The Morgan fingerprint density at radius 3 is 2.60 bits per heavy atom. The highest BCUT2D eigenvalue weighted by Gasteiger charge is 2.18. The normalized spacial score (nSPS) is 12.5. The molecule has 0 amide bonds. The van der Waals surface area contributed by atoms with Gasteiger partial charge in [-0.15, -0.1) is 0 Å². The molecule has 1 heterocycles. The summed E-state index contributed by atoms with van der Waals surface area (Å²) in [5.41, 5.74) is 0.499. The Bertz CT molecular complexity index is 311. The van der Waals surface area contributed by atoms with Crippen LogP contribution in [0, 0.1) is 5.92 Å². The lowest BCUT2D eigenvalue weighted by atomic mass is 10.1. The molecule has 0 aliphatic rings. The van der Waals surface area contributed by atoms with Gasteiger partial charge < -0.3 is 9.84 Å². The van der Waals surface area contributed by atoms with E-state index in [1.165, 1.54) is 12.4 Å². The lowest BCUT2D eigenvalue weighted by Crippen LogP contribution is -2.18. The van der Waals surface area contributed by atoms with Gasteiger partial charge in [0, 0.05) is 12.4 Å².